The van der Waals surface area contributed by atoms with E-state index in [2.05, 4.69) is 5.10 Å². The van der Waals surface area contributed by atoms with Crippen molar-refractivity contribution in [2.24, 2.45) is 7.05 Å². The molecule has 9 heteroatoms. The molecule has 15 heavy (non-hydrogen) atoms. The fourth-order valence-corrected chi connectivity index (χ4v) is 1.07. The van der Waals surface area contributed by atoms with Crippen molar-refractivity contribution in [1.82, 2.24) is 9.78 Å². The van der Waals surface area contributed by atoms with Crippen molar-refractivity contribution in [2.75, 3.05) is 0 Å². The number of hydrogen-bond acceptors (Lipinski definition) is 1. The molecule has 1 aromatic rings. The summed E-state index contributed by atoms with van der Waals surface area (Å²) in [6.07, 6.45) is -10.7. The van der Waals surface area contributed by atoms with Crippen LogP contribution in [0, 0.1) is 5.95 Å². The number of alkyl halides is 6. The first kappa shape index (κ1) is 11.8. The summed E-state index contributed by atoms with van der Waals surface area (Å²) in [4.78, 5) is 0. The van der Waals surface area contributed by atoms with Gasteiger partial charge in [0.05, 0.1) is 0 Å². The number of rotatable bonds is 0. The van der Waals surface area contributed by atoms with Crippen LogP contribution in [0.2, 0.25) is 0 Å². The summed E-state index contributed by atoms with van der Waals surface area (Å²) in [5.41, 5.74) is -4.54. The molecule has 86 valence electrons. The molecule has 0 aliphatic heterocycles. The van der Waals surface area contributed by atoms with Gasteiger partial charge in [-0.05, 0) is 0 Å². The molecule has 0 saturated heterocycles. The molecule has 0 atom stereocenters. The van der Waals surface area contributed by atoms with Crippen LogP contribution < -0.4 is 0 Å². The van der Waals surface area contributed by atoms with Crippen LogP contribution in [-0.4, -0.2) is 9.78 Å². The minimum Gasteiger partial charge on any atom is -0.260 e. The maximum absolute atomic E-state index is 12.5. The quantitative estimate of drug-likeness (QED) is 0.633. The first-order valence-electron chi connectivity index (χ1n) is 3.42. The first-order valence-corrected chi connectivity index (χ1v) is 3.42. The van der Waals surface area contributed by atoms with Gasteiger partial charge in [-0.2, -0.15) is 30.7 Å². The minimum atomic E-state index is -5.43. The van der Waals surface area contributed by atoms with Crippen LogP contribution in [0.5, 0.6) is 0 Å². The molecule has 0 aliphatic carbocycles. The van der Waals surface area contributed by atoms with Crippen molar-refractivity contribution in [2.45, 2.75) is 12.4 Å². The fraction of sp³-hybridized carbons (Fsp3) is 0.500. The molecule has 0 N–H and O–H groups in total. The van der Waals surface area contributed by atoms with Crippen molar-refractivity contribution in [3.05, 3.63) is 17.2 Å². The largest absolute Gasteiger partial charge is 0.433 e. The fourth-order valence-electron chi connectivity index (χ4n) is 1.07. The predicted molar refractivity (Wildman–Crippen MR) is 33.2 cm³/mol. The van der Waals surface area contributed by atoms with Crippen LogP contribution in [0.25, 0.3) is 0 Å². The Balaban J connectivity index is 3.51. The molecule has 0 spiro atoms. The Bertz CT molecular complexity index is 338. The van der Waals surface area contributed by atoms with E-state index >= 15 is 0 Å². The third-order valence-electron chi connectivity index (χ3n) is 1.56. The second-order valence-corrected chi connectivity index (χ2v) is 2.63. The van der Waals surface area contributed by atoms with Gasteiger partial charge in [-0.3, -0.25) is 4.68 Å². The molecular weight excluding hydrogens is 233 g/mol. The van der Waals surface area contributed by atoms with E-state index in [4.69, 9.17) is 0 Å². The zero-order chi connectivity index (χ0) is 12.0. The van der Waals surface area contributed by atoms with E-state index in [0.29, 0.717) is 7.05 Å². The van der Waals surface area contributed by atoms with Gasteiger partial charge in [0.2, 0.25) is 5.95 Å². The highest BCUT2D eigenvalue weighted by atomic mass is 19.4. The summed E-state index contributed by atoms with van der Waals surface area (Å²) in [6, 6.07) is 0. The highest BCUT2D eigenvalue weighted by Crippen LogP contribution is 2.41. The van der Waals surface area contributed by atoms with Gasteiger partial charge in [0, 0.05) is 7.05 Å². The summed E-state index contributed by atoms with van der Waals surface area (Å²) in [6.45, 7) is 0. The number of hydrogen-bond donors (Lipinski definition) is 0. The highest BCUT2D eigenvalue weighted by Gasteiger charge is 2.49. The van der Waals surface area contributed by atoms with E-state index in [1.54, 1.807) is 0 Å². The molecule has 1 heterocycles. The van der Waals surface area contributed by atoms with E-state index < -0.39 is 29.6 Å². The van der Waals surface area contributed by atoms with Gasteiger partial charge in [0.15, 0.2) is 5.69 Å². The topological polar surface area (TPSA) is 17.8 Å². The lowest BCUT2D eigenvalue weighted by Gasteiger charge is -2.11. The van der Waals surface area contributed by atoms with Crippen LogP contribution in [0.3, 0.4) is 0 Å². The number of nitrogens with zero attached hydrogens (tertiary/aromatic N) is 2. The van der Waals surface area contributed by atoms with Crippen molar-refractivity contribution >= 4 is 0 Å². The van der Waals surface area contributed by atoms with Crippen LogP contribution in [0.4, 0.5) is 30.7 Å². The zero-order valence-electron chi connectivity index (χ0n) is 7.04. The van der Waals surface area contributed by atoms with Crippen LogP contribution in [0.1, 0.15) is 11.3 Å². The lowest BCUT2D eigenvalue weighted by molar-refractivity contribution is -0.166. The Morgan fingerprint density at radius 2 is 1.47 bits per heavy atom. The Morgan fingerprint density at radius 1 is 1.00 bits per heavy atom. The van der Waals surface area contributed by atoms with Gasteiger partial charge >= 0.3 is 12.4 Å². The molecular formula is C6H3F7N2. The molecule has 2 nitrogen and oxygen atoms in total. The average Bonchev–Trinajstić information content (AvgIpc) is 2.22. The summed E-state index contributed by atoms with van der Waals surface area (Å²) >= 11 is 0. The highest BCUT2D eigenvalue weighted by molar-refractivity contribution is 5.25. The molecule has 0 saturated carbocycles. The summed E-state index contributed by atoms with van der Waals surface area (Å²) in [5.74, 6) is -2.18. The van der Waals surface area contributed by atoms with Crippen molar-refractivity contribution < 1.29 is 30.7 Å². The second kappa shape index (κ2) is 3.11. The van der Waals surface area contributed by atoms with Crippen LogP contribution >= 0.6 is 0 Å². The van der Waals surface area contributed by atoms with Gasteiger partial charge in [-0.15, -0.1) is 5.10 Å². The molecule has 0 unspecified atom stereocenters. The van der Waals surface area contributed by atoms with Gasteiger partial charge in [-0.25, -0.2) is 0 Å². The van der Waals surface area contributed by atoms with E-state index in [1.165, 1.54) is 0 Å². The first-order chi connectivity index (χ1) is 6.55. The smallest absolute Gasteiger partial charge is 0.260 e. The van der Waals surface area contributed by atoms with E-state index in [1.807, 2.05) is 0 Å². The Hall–Kier alpha value is -1.28. The maximum Gasteiger partial charge on any atom is 0.433 e. The Kier molecular flexibility index (Phi) is 2.44. The minimum absolute atomic E-state index is 0.182. The van der Waals surface area contributed by atoms with E-state index in [-0.39, 0.29) is 4.68 Å². The lowest BCUT2D eigenvalue weighted by atomic mass is 10.2. The molecule has 0 amide bonds. The zero-order valence-corrected chi connectivity index (χ0v) is 7.04. The predicted octanol–water partition coefficient (Wildman–Crippen LogP) is 2.60. The monoisotopic (exact) mass is 236 g/mol. The van der Waals surface area contributed by atoms with Crippen LogP contribution in [-0.2, 0) is 19.4 Å². The van der Waals surface area contributed by atoms with Crippen molar-refractivity contribution in [3.63, 3.8) is 0 Å². The standard InChI is InChI=1S/C6H3F7N2/c1-15-3(6(11,12)13)2(4(7)14-15)5(8,9)10/h1H3. The maximum atomic E-state index is 12.5. The molecule has 0 fully saturated rings. The average molecular weight is 236 g/mol. The van der Waals surface area contributed by atoms with Gasteiger partial charge in [0.1, 0.15) is 5.56 Å². The summed E-state index contributed by atoms with van der Waals surface area (Å²) in [7, 11) is 0.584. The van der Waals surface area contributed by atoms with Crippen LogP contribution in [0.15, 0.2) is 0 Å². The van der Waals surface area contributed by atoms with E-state index in [9.17, 15) is 30.7 Å². The Morgan fingerprint density at radius 3 is 1.73 bits per heavy atom. The third kappa shape index (κ3) is 2.05. The van der Waals surface area contributed by atoms with Gasteiger partial charge < -0.3 is 0 Å². The van der Waals surface area contributed by atoms with Crippen molar-refractivity contribution in [3.8, 4) is 0 Å². The molecule has 0 aliphatic rings. The summed E-state index contributed by atoms with van der Waals surface area (Å²) < 4.78 is 84.9. The number of halogens is 7. The molecule has 1 aromatic heterocycles. The molecule has 0 bridgehead atoms. The molecule has 1 rings (SSSR count). The number of aryl methyl sites for hydroxylation is 1. The normalized spacial score (nSPS) is 13.3. The van der Waals surface area contributed by atoms with Gasteiger partial charge in [0.25, 0.3) is 0 Å². The number of aromatic nitrogens is 2. The Labute approximate surface area is 78.3 Å². The van der Waals surface area contributed by atoms with Gasteiger partial charge in [-0.1, -0.05) is 0 Å². The second-order valence-electron chi connectivity index (χ2n) is 2.63. The SMILES string of the molecule is Cn1nc(F)c(C(F)(F)F)c1C(F)(F)F. The summed E-state index contributed by atoms with van der Waals surface area (Å²) in [5, 5.41) is 2.45. The lowest BCUT2D eigenvalue weighted by Crippen LogP contribution is -2.19. The van der Waals surface area contributed by atoms with E-state index in [0.717, 1.165) is 0 Å². The molecule has 0 radical (unpaired) electrons. The van der Waals surface area contributed by atoms with Crippen molar-refractivity contribution in [1.29, 1.82) is 0 Å². The molecule has 0 aromatic carbocycles. The third-order valence-corrected chi connectivity index (χ3v) is 1.56.